The molecule has 0 atom stereocenters. The first kappa shape index (κ1) is 19.3. The van der Waals surface area contributed by atoms with Gasteiger partial charge in [-0.1, -0.05) is 50.3 Å². The summed E-state index contributed by atoms with van der Waals surface area (Å²) in [6.45, 7) is 7.49. The fourth-order valence-corrected chi connectivity index (χ4v) is 2.09. The quantitative estimate of drug-likeness (QED) is 0.654. The zero-order valence-corrected chi connectivity index (χ0v) is 15.8. The summed E-state index contributed by atoms with van der Waals surface area (Å²) in [5.41, 5.74) is 2.96. The highest BCUT2D eigenvalue weighted by Gasteiger charge is 2.22. The molecule has 2 rings (SSSR count). The number of carbonyl (C=O) groups is 2. The molecule has 0 radical (unpaired) electrons. The molecule has 0 aliphatic carbocycles. The maximum atomic E-state index is 12.4. The Kier molecular flexibility index (Phi) is 5.84. The molecule has 1 amide bonds. The van der Waals surface area contributed by atoms with Crippen LogP contribution in [-0.4, -0.2) is 19.0 Å². The summed E-state index contributed by atoms with van der Waals surface area (Å²) in [6, 6.07) is 12.8. The van der Waals surface area contributed by atoms with Gasteiger partial charge in [-0.25, -0.2) is 4.79 Å². The van der Waals surface area contributed by atoms with Crippen LogP contribution in [0.2, 0.25) is 0 Å². The fourth-order valence-electron chi connectivity index (χ4n) is 2.09. The maximum Gasteiger partial charge on any atom is 0.337 e. The van der Waals surface area contributed by atoms with Gasteiger partial charge < -0.3 is 10.1 Å². The van der Waals surface area contributed by atoms with E-state index in [1.165, 1.54) is 7.11 Å². The summed E-state index contributed by atoms with van der Waals surface area (Å²) >= 11 is 0. The fraction of sp³-hybridized carbons (Fsp3) is 0.273. The molecule has 4 nitrogen and oxygen atoms in total. The Morgan fingerprint density at radius 2 is 1.65 bits per heavy atom. The number of hydrogen-bond acceptors (Lipinski definition) is 3. The second kappa shape index (κ2) is 7.88. The molecule has 0 saturated carbocycles. The van der Waals surface area contributed by atoms with Crippen LogP contribution in [0.5, 0.6) is 0 Å². The van der Waals surface area contributed by atoms with E-state index in [-0.39, 0.29) is 5.91 Å². The van der Waals surface area contributed by atoms with Crippen LogP contribution in [0.3, 0.4) is 0 Å². The SMILES string of the molecule is COC(=O)c1ccc(C#Cc2ccc(C)cc2)c(NC(=O)C(C)(C)C)c1. The summed E-state index contributed by atoms with van der Waals surface area (Å²) < 4.78 is 4.76. The number of carbonyl (C=O) groups excluding carboxylic acids is 2. The van der Waals surface area contributed by atoms with E-state index in [9.17, 15) is 9.59 Å². The molecule has 0 saturated heterocycles. The first-order valence-corrected chi connectivity index (χ1v) is 8.33. The molecule has 0 aromatic heterocycles. The summed E-state index contributed by atoms with van der Waals surface area (Å²) in [5, 5.41) is 2.87. The second-order valence-corrected chi connectivity index (χ2v) is 7.07. The minimum Gasteiger partial charge on any atom is -0.465 e. The molecule has 0 heterocycles. The number of methoxy groups -OCH3 is 1. The standard InChI is InChI=1S/C22H23NO3/c1-15-6-8-16(9-7-15)10-11-17-12-13-18(20(24)26-5)14-19(17)23-21(25)22(2,3)4/h6-9,12-14H,1-5H3,(H,23,25). The van der Waals surface area contributed by atoms with Crippen molar-refractivity contribution < 1.29 is 14.3 Å². The summed E-state index contributed by atoms with van der Waals surface area (Å²) in [5.74, 6) is 5.54. The third kappa shape index (κ3) is 4.97. The van der Waals surface area contributed by atoms with Crippen molar-refractivity contribution in [2.75, 3.05) is 12.4 Å². The Morgan fingerprint density at radius 1 is 1.00 bits per heavy atom. The number of amides is 1. The lowest BCUT2D eigenvalue weighted by atomic mass is 9.95. The second-order valence-electron chi connectivity index (χ2n) is 7.07. The molecule has 0 spiro atoms. The van der Waals surface area contributed by atoms with Gasteiger partial charge >= 0.3 is 5.97 Å². The van der Waals surface area contributed by atoms with Gasteiger partial charge in [-0.3, -0.25) is 4.79 Å². The van der Waals surface area contributed by atoms with Crippen LogP contribution < -0.4 is 5.32 Å². The molecular weight excluding hydrogens is 326 g/mol. The molecule has 2 aromatic carbocycles. The lowest BCUT2D eigenvalue weighted by Crippen LogP contribution is -2.28. The number of aryl methyl sites for hydroxylation is 1. The molecule has 0 unspecified atom stereocenters. The van der Waals surface area contributed by atoms with Crippen LogP contribution in [0, 0.1) is 24.2 Å². The first-order chi connectivity index (χ1) is 12.2. The van der Waals surface area contributed by atoms with Crippen molar-refractivity contribution in [2.24, 2.45) is 5.41 Å². The number of benzene rings is 2. The van der Waals surface area contributed by atoms with E-state index in [1.807, 2.05) is 52.0 Å². The number of anilines is 1. The monoisotopic (exact) mass is 349 g/mol. The van der Waals surface area contributed by atoms with Crippen molar-refractivity contribution in [1.29, 1.82) is 0 Å². The molecule has 0 aliphatic heterocycles. The molecule has 0 bridgehead atoms. The third-order valence-electron chi connectivity index (χ3n) is 3.76. The van der Waals surface area contributed by atoms with E-state index in [2.05, 4.69) is 17.2 Å². The number of nitrogens with one attached hydrogen (secondary N) is 1. The lowest BCUT2D eigenvalue weighted by Gasteiger charge is -2.18. The van der Waals surface area contributed by atoms with Crippen molar-refractivity contribution in [2.45, 2.75) is 27.7 Å². The van der Waals surface area contributed by atoms with Gasteiger partial charge in [0.15, 0.2) is 0 Å². The van der Waals surface area contributed by atoms with Gasteiger partial charge in [0, 0.05) is 16.5 Å². The van der Waals surface area contributed by atoms with E-state index in [4.69, 9.17) is 4.74 Å². The first-order valence-electron chi connectivity index (χ1n) is 8.33. The highest BCUT2D eigenvalue weighted by Crippen LogP contribution is 2.22. The van der Waals surface area contributed by atoms with Crippen LogP contribution in [-0.2, 0) is 9.53 Å². The Balaban J connectivity index is 2.42. The van der Waals surface area contributed by atoms with Crippen LogP contribution in [0.25, 0.3) is 0 Å². The van der Waals surface area contributed by atoms with Crippen LogP contribution in [0.4, 0.5) is 5.69 Å². The van der Waals surface area contributed by atoms with Gasteiger partial charge in [0.25, 0.3) is 0 Å². The molecule has 2 aromatic rings. The summed E-state index contributed by atoms with van der Waals surface area (Å²) in [4.78, 5) is 24.2. The molecule has 26 heavy (non-hydrogen) atoms. The minimum atomic E-state index is -0.567. The summed E-state index contributed by atoms with van der Waals surface area (Å²) in [7, 11) is 1.32. The van der Waals surface area contributed by atoms with Crippen LogP contribution in [0.15, 0.2) is 42.5 Å². The molecule has 0 fully saturated rings. The van der Waals surface area contributed by atoms with Crippen molar-refractivity contribution in [1.82, 2.24) is 0 Å². The van der Waals surface area contributed by atoms with Crippen LogP contribution >= 0.6 is 0 Å². The molecule has 0 aliphatic rings. The Bertz CT molecular complexity index is 878. The molecular formula is C22H23NO3. The zero-order chi connectivity index (χ0) is 19.3. The Hall–Kier alpha value is -3.06. The number of hydrogen-bond donors (Lipinski definition) is 1. The average molecular weight is 349 g/mol. The number of ether oxygens (including phenoxy) is 1. The number of rotatable bonds is 2. The molecule has 134 valence electrons. The maximum absolute atomic E-state index is 12.4. The highest BCUT2D eigenvalue weighted by atomic mass is 16.5. The Labute approximate surface area is 154 Å². The van der Waals surface area contributed by atoms with E-state index >= 15 is 0 Å². The van der Waals surface area contributed by atoms with Gasteiger partial charge in [-0.15, -0.1) is 0 Å². The van der Waals surface area contributed by atoms with Gasteiger partial charge in [0.05, 0.1) is 18.4 Å². The predicted octanol–water partition coefficient (Wildman–Crippen LogP) is 4.17. The largest absolute Gasteiger partial charge is 0.465 e. The van der Waals surface area contributed by atoms with Crippen molar-refractivity contribution in [3.63, 3.8) is 0 Å². The van der Waals surface area contributed by atoms with Gasteiger partial charge in [0.2, 0.25) is 5.91 Å². The van der Waals surface area contributed by atoms with E-state index in [0.29, 0.717) is 16.8 Å². The van der Waals surface area contributed by atoms with Gasteiger partial charge in [-0.2, -0.15) is 0 Å². The van der Waals surface area contributed by atoms with Crippen molar-refractivity contribution >= 4 is 17.6 Å². The molecule has 4 heteroatoms. The van der Waals surface area contributed by atoms with E-state index in [1.54, 1.807) is 18.2 Å². The van der Waals surface area contributed by atoms with Crippen LogP contribution in [0.1, 0.15) is 47.8 Å². The van der Waals surface area contributed by atoms with Gasteiger partial charge in [0.1, 0.15) is 0 Å². The summed E-state index contributed by atoms with van der Waals surface area (Å²) in [6.07, 6.45) is 0. The average Bonchev–Trinajstić information content (AvgIpc) is 2.60. The lowest BCUT2D eigenvalue weighted by molar-refractivity contribution is -0.123. The highest BCUT2D eigenvalue weighted by molar-refractivity contribution is 5.98. The topological polar surface area (TPSA) is 55.4 Å². The third-order valence-corrected chi connectivity index (χ3v) is 3.76. The van der Waals surface area contributed by atoms with E-state index < -0.39 is 11.4 Å². The van der Waals surface area contributed by atoms with Crippen molar-refractivity contribution in [3.05, 3.63) is 64.7 Å². The normalized spacial score (nSPS) is 10.5. The predicted molar refractivity (Wildman–Crippen MR) is 103 cm³/mol. The minimum absolute atomic E-state index is 0.155. The smallest absolute Gasteiger partial charge is 0.337 e. The van der Waals surface area contributed by atoms with Gasteiger partial charge in [-0.05, 0) is 37.3 Å². The Morgan fingerprint density at radius 3 is 2.23 bits per heavy atom. The van der Waals surface area contributed by atoms with E-state index in [0.717, 1.165) is 11.1 Å². The molecule has 1 N–H and O–H groups in total. The number of esters is 1. The van der Waals surface area contributed by atoms with Crippen molar-refractivity contribution in [3.8, 4) is 11.8 Å². The zero-order valence-electron chi connectivity index (χ0n) is 15.8.